The number of carbonyl (C=O) groups is 2. The predicted molar refractivity (Wildman–Crippen MR) is 46.7 cm³/mol. The molecule has 3 amide bonds. The number of nitrogens with zero attached hydrogens (tertiary/aromatic N) is 1. The minimum Gasteiger partial charge on any atom is -0.331 e. The van der Waals surface area contributed by atoms with E-state index in [1.807, 2.05) is 0 Å². The van der Waals surface area contributed by atoms with E-state index in [0.717, 1.165) is 5.57 Å². The molecule has 0 rings (SSSR count). The fraction of sp³-hybridized carbons (Fsp3) is 0.500. The summed E-state index contributed by atoms with van der Waals surface area (Å²) in [6, 6.07) is -0.405. The second-order valence-corrected chi connectivity index (χ2v) is 2.91. The Bertz CT molecular complexity index is 215. The summed E-state index contributed by atoms with van der Waals surface area (Å²) in [7, 11) is 3.15. The summed E-state index contributed by atoms with van der Waals surface area (Å²) >= 11 is 0. The second-order valence-electron chi connectivity index (χ2n) is 2.91. The lowest BCUT2D eigenvalue weighted by Crippen LogP contribution is -2.37. The number of carbonyl (C=O) groups excluding carboxylic acids is 2. The zero-order chi connectivity index (χ0) is 9.72. The van der Waals surface area contributed by atoms with E-state index in [1.165, 1.54) is 11.0 Å². The molecular weight excluding hydrogens is 156 g/mol. The molecule has 0 heterocycles. The van der Waals surface area contributed by atoms with Crippen molar-refractivity contribution in [3.8, 4) is 0 Å². The predicted octanol–water partition coefficient (Wildman–Crippen LogP) is 0.750. The van der Waals surface area contributed by atoms with Crippen molar-refractivity contribution in [3.63, 3.8) is 0 Å². The van der Waals surface area contributed by atoms with E-state index in [0.29, 0.717) is 0 Å². The van der Waals surface area contributed by atoms with Crippen LogP contribution in [0.3, 0.4) is 0 Å². The van der Waals surface area contributed by atoms with Gasteiger partial charge in [0.05, 0.1) is 0 Å². The van der Waals surface area contributed by atoms with Crippen LogP contribution in [0, 0.1) is 0 Å². The molecule has 4 nitrogen and oxygen atoms in total. The first kappa shape index (κ1) is 10.7. The topological polar surface area (TPSA) is 49.4 Å². The molecule has 0 radical (unpaired) electrons. The fourth-order valence-corrected chi connectivity index (χ4v) is 0.515. The van der Waals surface area contributed by atoms with Crippen molar-refractivity contribution in [2.24, 2.45) is 0 Å². The number of hydrogen-bond donors (Lipinski definition) is 1. The molecule has 4 heteroatoms. The Morgan fingerprint density at radius 2 is 1.75 bits per heavy atom. The smallest absolute Gasteiger partial charge is 0.323 e. The van der Waals surface area contributed by atoms with Crippen molar-refractivity contribution in [1.82, 2.24) is 10.2 Å². The van der Waals surface area contributed by atoms with Gasteiger partial charge in [-0.3, -0.25) is 10.1 Å². The van der Waals surface area contributed by atoms with Gasteiger partial charge < -0.3 is 4.90 Å². The molecule has 0 aromatic heterocycles. The van der Waals surface area contributed by atoms with Crippen molar-refractivity contribution < 1.29 is 9.59 Å². The van der Waals surface area contributed by atoms with E-state index < -0.39 is 6.03 Å². The van der Waals surface area contributed by atoms with Crippen LogP contribution in [0.2, 0.25) is 0 Å². The van der Waals surface area contributed by atoms with Crippen LogP contribution in [0.4, 0.5) is 4.79 Å². The summed E-state index contributed by atoms with van der Waals surface area (Å²) in [6.45, 7) is 3.58. The van der Waals surface area contributed by atoms with Crippen LogP contribution in [0.5, 0.6) is 0 Å². The highest BCUT2D eigenvalue weighted by Gasteiger charge is 2.05. The van der Waals surface area contributed by atoms with Gasteiger partial charge in [0, 0.05) is 20.2 Å². The maximum Gasteiger partial charge on any atom is 0.323 e. The molecule has 0 aliphatic carbocycles. The van der Waals surface area contributed by atoms with Crippen LogP contribution in [0.25, 0.3) is 0 Å². The first-order chi connectivity index (χ1) is 5.43. The summed E-state index contributed by atoms with van der Waals surface area (Å²) in [5.41, 5.74) is 0.860. The first-order valence-electron chi connectivity index (χ1n) is 3.60. The van der Waals surface area contributed by atoms with E-state index in [1.54, 1.807) is 27.9 Å². The Hall–Kier alpha value is -1.32. The molecule has 0 spiro atoms. The van der Waals surface area contributed by atoms with Crippen LogP contribution in [-0.4, -0.2) is 30.9 Å². The minimum absolute atomic E-state index is 0.381. The molecule has 0 atom stereocenters. The Morgan fingerprint density at radius 3 is 2.08 bits per heavy atom. The lowest BCUT2D eigenvalue weighted by atomic mass is 10.3. The van der Waals surface area contributed by atoms with E-state index in [4.69, 9.17) is 0 Å². The molecule has 0 fully saturated rings. The highest BCUT2D eigenvalue weighted by atomic mass is 16.2. The number of allylic oxidation sites excluding steroid dienone is 1. The van der Waals surface area contributed by atoms with Gasteiger partial charge >= 0.3 is 6.03 Å². The molecule has 0 bridgehead atoms. The molecule has 0 aliphatic heterocycles. The average Bonchev–Trinajstić information content (AvgIpc) is 1.84. The molecule has 0 aromatic carbocycles. The monoisotopic (exact) mass is 170 g/mol. The van der Waals surface area contributed by atoms with E-state index in [2.05, 4.69) is 5.32 Å². The molecule has 0 unspecified atom stereocenters. The Balaban J connectivity index is 4.03. The van der Waals surface area contributed by atoms with Crippen molar-refractivity contribution in [2.45, 2.75) is 13.8 Å². The SMILES string of the molecule is CC(C)=CC(=O)NC(=O)N(C)C. The second kappa shape index (κ2) is 4.54. The summed E-state index contributed by atoms with van der Waals surface area (Å²) in [4.78, 5) is 23.1. The lowest BCUT2D eigenvalue weighted by Gasteiger charge is -2.09. The third-order valence-corrected chi connectivity index (χ3v) is 1.06. The quantitative estimate of drug-likeness (QED) is 0.590. The van der Waals surface area contributed by atoms with Crippen molar-refractivity contribution in [3.05, 3.63) is 11.6 Å². The Labute approximate surface area is 72.2 Å². The number of rotatable bonds is 1. The van der Waals surface area contributed by atoms with E-state index >= 15 is 0 Å². The summed E-state index contributed by atoms with van der Waals surface area (Å²) in [5, 5.41) is 2.18. The molecule has 1 N–H and O–H groups in total. The van der Waals surface area contributed by atoms with Crippen LogP contribution >= 0.6 is 0 Å². The van der Waals surface area contributed by atoms with E-state index in [-0.39, 0.29) is 5.91 Å². The largest absolute Gasteiger partial charge is 0.331 e. The van der Waals surface area contributed by atoms with Gasteiger partial charge in [0.25, 0.3) is 5.91 Å². The van der Waals surface area contributed by atoms with Crippen molar-refractivity contribution >= 4 is 11.9 Å². The third-order valence-electron chi connectivity index (χ3n) is 1.06. The van der Waals surface area contributed by atoms with Crippen LogP contribution in [0.1, 0.15) is 13.8 Å². The average molecular weight is 170 g/mol. The van der Waals surface area contributed by atoms with Gasteiger partial charge in [0.2, 0.25) is 0 Å². The molecule has 12 heavy (non-hydrogen) atoms. The van der Waals surface area contributed by atoms with Crippen molar-refractivity contribution in [2.75, 3.05) is 14.1 Å². The van der Waals surface area contributed by atoms with Gasteiger partial charge in [-0.2, -0.15) is 0 Å². The standard InChI is InChI=1S/C8H14N2O2/c1-6(2)5-7(11)9-8(12)10(3)4/h5H,1-4H3,(H,9,11,12). The number of urea groups is 1. The van der Waals surface area contributed by atoms with Gasteiger partial charge in [-0.25, -0.2) is 4.79 Å². The molecule has 0 aliphatic rings. The molecule has 68 valence electrons. The lowest BCUT2D eigenvalue weighted by molar-refractivity contribution is -0.115. The molecule has 0 aromatic rings. The minimum atomic E-state index is -0.405. The van der Waals surface area contributed by atoms with Gasteiger partial charge in [-0.15, -0.1) is 0 Å². The first-order valence-corrected chi connectivity index (χ1v) is 3.60. The zero-order valence-corrected chi connectivity index (χ0v) is 7.84. The molecule has 0 saturated carbocycles. The summed E-state index contributed by atoms with van der Waals surface area (Å²) in [6.07, 6.45) is 1.38. The Morgan fingerprint density at radius 1 is 1.25 bits per heavy atom. The highest BCUT2D eigenvalue weighted by molar-refractivity contribution is 6.00. The maximum absolute atomic E-state index is 10.9. The zero-order valence-electron chi connectivity index (χ0n) is 7.84. The van der Waals surface area contributed by atoms with E-state index in [9.17, 15) is 9.59 Å². The maximum atomic E-state index is 10.9. The van der Waals surface area contributed by atoms with Gasteiger partial charge in [0.1, 0.15) is 0 Å². The normalized spacial score (nSPS) is 8.67. The highest BCUT2D eigenvalue weighted by Crippen LogP contribution is 1.87. The van der Waals surface area contributed by atoms with Gasteiger partial charge in [-0.1, -0.05) is 5.57 Å². The van der Waals surface area contributed by atoms with Gasteiger partial charge in [-0.05, 0) is 13.8 Å². The molecule has 0 saturated heterocycles. The number of hydrogen-bond acceptors (Lipinski definition) is 2. The summed E-state index contributed by atoms with van der Waals surface area (Å²) in [5.74, 6) is -0.381. The number of nitrogens with one attached hydrogen (secondary N) is 1. The van der Waals surface area contributed by atoms with Crippen molar-refractivity contribution in [1.29, 1.82) is 0 Å². The van der Waals surface area contributed by atoms with Crippen LogP contribution < -0.4 is 5.32 Å². The molecular formula is C8H14N2O2. The third kappa shape index (κ3) is 4.49. The van der Waals surface area contributed by atoms with Crippen LogP contribution in [0.15, 0.2) is 11.6 Å². The fourth-order valence-electron chi connectivity index (χ4n) is 0.515. The number of imide groups is 1. The summed E-state index contributed by atoms with van der Waals surface area (Å²) < 4.78 is 0. The van der Waals surface area contributed by atoms with Gasteiger partial charge in [0.15, 0.2) is 0 Å². The number of amides is 3. The Kier molecular flexibility index (Phi) is 4.04. The van der Waals surface area contributed by atoms with Crippen LogP contribution in [-0.2, 0) is 4.79 Å².